The molecule has 1 aromatic heterocycles. The van der Waals surface area contributed by atoms with Crippen LogP contribution in [0.1, 0.15) is 76.7 Å². The molecule has 0 spiro atoms. The molecule has 47 heavy (non-hydrogen) atoms. The van der Waals surface area contributed by atoms with Crippen molar-refractivity contribution < 1.29 is 28.2 Å². The first-order valence-corrected chi connectivity index (χ1v) is 17.3. The molecule has 5 aromatic rings. The molecule has 4 aromatic carbocycles. The number of nitrogens with zero attached hydrogens (tertiary/aromatic N) is 3. The molecule has 242 valence electrons. The van der Waals surface area contributed by atoms with E-state index in [-0.39, 0.29) is 22.0 Å². The van der Waals surface area contributed by atoms with E-state index >= 15 is 0 Å². The van der Waals surface area contributed by atoms with Gasteiger partial charge in [0, 0.05) is 6.42 Å². The fraction of sp³-hybridized carbons (Fsp3) is 0.243. The Bertz CT molecular complexity index is 1950. The van der Waals surface area contributed by atoms with Gasteiger partial charge >= 0.3 is 11.9 Å². The number of hydrogen-bond acceptors (Lipinski definition) is 6. The van der Waals surface area contributed by atoms with Crippen molar-refractivity contribution in [3.63, 3.8) is 0 Å². The first-order valence-electron chi connectivity index (χ1n) is 15.7. The first kappa shape index (κ1) is 33.3. The van der Waals surface area contributed by atoms with Crippen molar-refractivity contribution in [3.8, 4) is 22.3 Å². The second-order valence-corrected chi connectivity index (χ2v) is 13.4. The lowest BCUT2D eigenvalue weighted by Gasteiger charge is -2.09. The minimum Gasteiger partial charge on any atom is -0.478 e. The summed E-state index contributed by atoms with van der Waals surface area (Å²) in [4.78, 5) is 27.4. The third kappa shape index (κ3) is 8.39. The molecule has 0 aliphatic carbocycles. The second kappa shape index (κ2) is 15.0. The number of hydrogen-bond donors (Lipinski definition) is 2. The lowest BCUT2D eigenvalue weighted by Crippen LogP contribution is -2.09. The number of sulfone groups is 1. The summed E-state index contributed by atoms with van der Waals surface area (Å²) >= 11 is 0. The van der Waals surface area contributed by atoms with Crippen molar-refractivity contribution in [1.29, 1.82) is 0 Å². The zero-order valence-electron chi connectivity index (χ0n) is 26.2. The summed E-state index contributed by atoms with van der Waals surface area (Å²) in [7, 11) is -3.86. The van der Waals surface area contributed by atoms with Gasteiger partial charge in [0.2, 0.25) is 9.84 Å². The average molecular weight is 652 g/mol. The molecule has 0 fully saturated rings. The van der Waals surface area contributed by atoms with Crippen LogP contribution < -0.4 is 0 Å². The highest BCUT2D eigenvalue weighted by Gasteiger charge is 2.24. The average Bonchev–Trinajstić information content (AvgIpc) is 3.48. The van der Waals surface area contributed by atoms with E-state index < -0.39 is 21.8 Å². The van der Waals surface area contributed by atoms with Crippen LogP contribution in [-0.4, -0.2) is 45.3 Å². The van der Waals surface area contributed by atoms with Gasteiger partial charge in [-0.15, -0.1) is 5.10 Å². The van der Waals surface area contributed by atoms with Crippen molar-refractivity contribution in [1.82, 2.24) is 14.8 Å². The predicted molar refractivity (Wildman–Crippen MR) is 180 cm³/mol. The van der Waals surface area contributed by atoms with Gasteiger partial charge in [0.1, 0.15) is 5.82 Å². The largest absolute Gasteiger partial charge is 0.478 e. The summed E-state index contributed by atoms with van der Waals surface area (Å²) in [6, 6.07) is 28.0. The van der Waals surface area contributed by atoms with Crippen LogP contribution in [0.4, 0.5) is 0 Å². The number of carbonyl (C=O) groups is 2. The minimum absolute atomic E-state index is 0.197. The van der Waals surface area contributed by atoms with E-state index in [1.807, 2.05) is 36.4 Å². The summed E-state index contributed by atoms with van der Waals surface area (Å²) < 4.78 is 28.7. The van der Waals surface area contributed by atoms with Crippen LogP contribution >= 0.6 is 0 Å². The standard InChI is InChI=1S/C37H37N3O6S/c1-2-3-4-5-6-11-34-38-37(39-40(34)24-26-12-18-30(19-13-26)32-9-7-8-10-33(32)36(43)44)47(45,46)25-27-14-16-28(17-15-27)29-20-22-31(23-21-29)35(41)42/h7-10,12-23H,2-6,11,24-25H2,1H3,(H,41,42)(H,43,44). The fourth-order valence-corrected chi connectivity index (χ4v) is 6.68. The molecule has 5 rings (SSSR count). The number of aromatic carboxylic acids is 2. The van der Waals surface area contributed by atoms with Crippen LogP contribution in [0.25, 0.3) is 22.3 Å². The highest BCUT2D eigenvalue weighted by molar-refractivity contribution is 7.90. The minimum atomic E-state index is -3.86. The Morgan fingerprint density at radius 2 is 1.30 bits per heavy atom. The molecule has 1 heterocycles. The number of benzene rings is 4. The molecule has 0 atom stereocenters. The van der Waals surface area contributed by atoms with Gasteiger partial charge in [-0.1, -0.05) is 111 Å². The molecule has 0 aliphatic heterocycles. The van der Waals surface area contributed by atoms with E-state index in [9.17, 15) is 23.1 Å². The van der Waals surface area contributed by atoms with Crippen molar-refractivity contribution in [2.45, 2.75) is 62.9 Å². The number of aromatic nitrogens is 3. The number of aryl methyl sites for hydroxylation is 1. The van der Waals surface area contributed by atoms with Gasteiger partial charge in [0.05, 0.1) is 23.4 Å². The van der Waals surface area contributed by atoms with Crippen LogP contribution in [0.15, 0.2) is 102 Å². The summed E-state index contributed by atoms with van der Waals surface area (Å²) in [5, 5.41) is 23.0. The molecule has 0 saturated carbocycles. The zero-order valence-corrected chi connectivity index (χ0v) is 27.0. The molecule has 0 aliphatic rings. The van der Waals surface area contributed by atoms with Gasteiger partial charge in [-0.3, -0.25) is 0 Å². The number of rotatable bonds is 15. The van der Waals surface area contributed by atoms with Crippen LogP contribution in [0.3, 0.4) is 0 Å². The van der Waals surface area contributed by atoms with E-state index in [0.29, 0.717) is 29.9 Å². The Balaban J connectivity index is 1.35. The normalized spacial score (nSPS) is 11.4. The topological polar surface area (TPSA) is 139 Å². The van der Waals surface area contributed by atoms with E-state index in [4.69, 9.17) is 5.11 Å². The molecule has 0 saturated heterocycles. The predicted octanol–water partition coefficient (Wildman–Crippen LogP) is 7.54. The first-order chi connectivity index (χ1) is 22.6. The number of carboxylic acid groups (broad SMARTS) is 2. The molecule has 0 radical (unpaired) electrons. The Kier molecular flexibility index (Phi) is 10.6. The molecular weight excluding hydrogens is 614 g/mol. The molecular formula is C37H37N3O6S. The molecule has 0 amide bonds. The van der Waals surface area contributed by atoms with E-state index in [1.165, 1.54) is 12.1 Å². The number of carboxylic acids is 2. The third-order valence-corrected chi connectivity index (χ3v) is 9.48. The maximum absolute atomic E-state index is 13.5. The maximum atomic E-state index is 13.5. The van der Waals surface area contributed by atoms with Crippen molar-refractivity contribution in [2.75, 3.05) is 0 Å². The Hall–Kier alpha value is -5.09. The Morgan fingerprint density at radius 1 is 0.702 bits per heavy atom. The summed E-state index contributed by atoms with van der Waals surface area (Å²) in [6.45, 7) is 2.48. The van der Waals surface area contributed by atoms with Crippen LogP contribution in [-0.2, 0) is 28.6 Å². The molecule has 0 bridgehead atoms. The zero-order chi connectivity index (χ0) is 33.4. The van der Waals surface area contributed by atoms with Gasteiger partial charge in [0.25, 0.3) is 5.16 Å². The molecule has 2 N–H and O–H groups in total. The monoisotopic (exact) mass is 651 g/mol. The SMILES string of the molecule is CCCCCCCc1nc(S(=O)(=O)Cc2ccc(-c3ccc(C(=O)O)cc3)cc2)nn1Cc1ccc(-c2ccccc2C(=O)O)cc1. The van der Waals surface area contributed by atoms with E-state index in [1.54, 1.807) is 53.2 Å². The fourth-order valence-electron chi connectivity index (χ4n) is 5.45. The van der Waals surface area contributed by atoms with Gasteiger partial charge in [-0.2, -0.15) is 0 Å². The highest BCUT2D eigenvalue weighted by Crippen LogP contribution is 2.26. The van der Waals surface area contributed by atoms with Gasteiger partial charge in [-0.05, 0) is 58.0 Å². The summed E-state index contributed by atoms with van der Waals surface area (Å²) in [5.41, 5.74) is 4.95. The molecule has 0 unspecified atom stereocenters. The van der Waals surface area contributed by atoms with E-state index in [0.717, 1.165) is 54.4 Å². The molecule has 9 nitrogen and oxygen atoms in total. The molecule has 10 heteroatoms. The number of unbranched alkanes of at least 4 members (excludes halogenated alkanes) is 4. The van der Waals surface area contributed by atoms with Crippen LogP contribution in [0.2, 0.25) is 0 Å². The van der Waals surface area contributed by atoms with Crippen LogP contribution in [0.5, 0.6) is 0 Å². The van der Waals surface area contributed by atoms with Crippen molar-refractivity contribution in [3.05, 3.63) is 125 Å². The summed E-state index contributed by atoms with van der Waals surface area (Å²) in [5.74, 6) is -1.64. The Labute approximate surface area is 274 Å². The van der Waals surface area contributed by atoms with E-state index in [2.05, 4.69) is 17.0 Å². The Morgan fingerprint density at radius 3 is 1.94 bits per heavy atom. The van der Waals surface area contributed by atoms with Gasteiger partial charge in [-0.25, -0.2) is 27.7 Å². The van der Waals surface area contributed by atoms with Crippen molar-refractivity contribution in [2.24, 2.45) is 0 Å². The second-order valence-electron chi connectivity index (χ2n) is 11.5. The van der Waals surface area contributed by atoms with Crippen molar-refractivity contribution >= 4 is 21.8 Å². The van der Waals surface area contributed by atoms with Gasteiger partial charge in [0.15, 0.2) is 0 Å². The highest BCUT2D eigenvalue weighted by atomic mass is 32.2. The lowest BCUT2D eigenvalue weighted by molar-refractivity contribution is 0.0686. The van der Waals surface area contributed by atoms with Crippen LogP contribution in [0, 0.1) is 0 Å². The smallest absolute Gasteiger partial charge is 0.336 e. The van der Waals surface area contributed by atoms with Gasteiger partial charge < -0.3 is 10.2 Å². The third-order valence-electron chi connectivity index (χ3n) is 8.04. The maximum Gasteiger partial charge on any atom is 0.336 e. The quantitative estimate of drug-likeness (QED) is 0.111. The lowest BCUT2D eigenvalue weighted by atomic mass is 9.99. The summed E-state index contributed by atoms with van der Waals surface area (Å²) in [6.07, 6.45) is 5.88.